The van der Waals surface area contributed by atoms with Gasteiger partial charge in [-0.3, -0.25) is 9.69 Å². The van der Waals surface area contributed by atoms with E-state index in [9.17, 15) is 14.4 Å². The molecule has 2 aliphatic heterocycles. The van der Waals surface area contributed by atoms with Crippen LogP contribution in [0.3, 0.4) is 0 Å². The van der Waals surface area contributed by atoms with Gasteiger partial charge in [-0.1, -0.05) is 31.2 Å². The van der Waals surface area contributed by atoms with E-state index < -0.39 is 41.8 Å². The first-order chi connectivity index (χ1) is 23.2. The number of nitrogens with zero attached hydrogens (tertiary/aromatic N) is 2. The first-order valence-electron chi connectivity index (χ1n) is 16.5. The number of methoxy groups -OCH3 is 1. The van der Waals surface area contributed by atoms with Crippen LogP contribution < -0.4 is 14.4 Å². The van der Waals surface area contributed by atoms with Gasteiger partial charge in [0.15, 0.2) is 18.4 Å². The van der Waals surface area contributed by atoms with Gasteiger partial charge in [-0.25, -0.2) is 14.6 Å². The average molecular weight is 681 g/mol. The molecule has 1 aromatic heterocycles. The number of benzene rings is 1. The number of cyclic esters (lactones) is 1. The van der Waals surface area contributed by atoms with Gasteiger partial charge in [0, 0.05) is 31.8 Å². The number of anilines is 1. The number of carbonyl (C=O) groups excluding carboxylic acids is 3. The number of hydrogen-bond acceptors (Lipinski definition) is 11. The van der Waals surface area contributed by atoms with Crippen molar-refractivity contribution in [2.45, 2.75) is 91.0 Å². The van der Waals surface area contributed by atoms with Crippen LogP contribution in [-0.4, -0.2) is 79.6 Å². The maximum Gasteiger partial charge on any atom is 0.416 e. The molecule has 2 aliphatic rings. The zero-order valence-corrected chi connectivity index (χ0v) is 29.6. The van der Waals surface area contributed by atoms with E-state index in [1.165, 1.54) is 18.1 Å². The monoisotopic (exact) mass is 680 g/mol. The fraction of sp³-hybridized carbons (Fsp3) is 0.514. The van der Waals surface area contributed by atoms with Crippen molar-refractivity contribution in [3.63, 3.8) is 0 Å². The number of amides is 1. The highest BCUT2D eigenvalue weighted by Gasteiger charge is 2.43. The smallest absolute Gasteiger partial charge is 0.416 e. The molecule has 0 bridgehead atoms. The number of pyridine rings is 1. The van der Waals surface area contributed by atoms with Crippen LogP contribution in [0.2, 0.25) is 0 Å². The molecule has 0 saturated carbocycles. The summed E-state index contributed by atoms with van der Waals surface area (Å²) in [5, 5.41) is 0. The van der Waals surface area contributed by atoms with E-state index >= 15 is 0 Å². The van der Waals surface area contributed by atoms with Gasteiger partial charge in [0.1, 0.15) is 40.7 Å². The topological polar surface area (TPSA) is 132 Å². The number of rotatable bonds is 9. The van der Waals surface area contributed by atoms with E-state index in [4.69, 9.17) is 33.2 Å². The van der Waals surface area contributed by atoms with Gasteiger partial charge in [-0.2, -0.15) is 0 Å². The summed E-state index contributed by atoms with van der Waals surface area (Å²) in [6.07, 6.45) is 6.73. The summed E-state index contributed by atoms with van der Waals surface area (Å²) < 4.78 is 40.7. The van der Waals surface area contributed by atoms with Crippen LogP contribution in [0.25, 0.3) is 6.08 Å². The summed E-state index contributed by atoms with van der Waals surface area (Å²) in [5.41, 5.74) is -0.00598. The van der Waals surface area contributed by atoms with E-state index in [0.717, 1.165) is 0 Å². The Kier molecular flexibility index (Phi) is 12.6. The Labute approximate surface area is 288 Å². The van der Waals surface area contributed by atoms with Gasteiger partial charge in [0.25, 0.3) is 0 Å². The number of ether oxygens (including phenoxy) is 7. The minimum absolute atomic E-state index is 0.122. The van der Waals surface area contributed by atoms with E-state index in [1.807, 2.05) is 13.0 Å². The van der Waals surface area contributed by atoms with Crippen molar-refractivity contribution in [2.24, 2.45) is 5.92 Å². The molecule has 3 heterocycles. The molecule has 1 fully saturated rings. The normalized spacial score (nSPS) is 23.7. The second-order valence-electron chi connectivity index (χ2n) is 13.4. The zero-order chi connectivity index (χ0) is 35.8. The van der Waals surface area contributed by atoms with Crippen molar-refractivity contribution < 1.29 is 47.5 Å². The molecule has 4 rings (SSSR count). The van der Waals surface area contributed by atoms with Crippen molar-refractivity contribution in [3.8, 4) is 11.5 Å². The van der Waals surface area contributed by atoms with Crippen molar-refractivity contribution in [3.05, 3.63) is 65.9 Å². The molecule has 1 saturated heterocycles. The van der Waals surface area contributed by atoms with Crippen molar-refractivity contribution in [1.29, 1.82) is 0 Å². The Morgan fingerprint density at radius 1 is 1.08 bits per heavy atom. The predicted molar refractivity (Wildman–Crippen MR) is 183 cm³/mol. The molecule has 0 unspecified atom stereocenters. The molecule has 0 spiro atoms. The van der Waals surface area contributed by atoms with Gasteiger partial charge >= 0.3 is 12.1 Å². The lowest BCUT2D eigenvalue weighted by Gasteiger charge is -2.26. The summed E-state index contributed by atoms with van der Waals surface area (Å²) >= 11 is 0. The second-order valence-corrected chi connectivity index (χ2v) is 13.4. The average Bonchev–Trinajstić information content (AvgIpc) is 3.35. The third-order valence-corrected chi connectivity index (χ3v) is 7.70. The molecule has 0 N–H and O–H groups in total. The van der Waals surface area contributed by atoms with Gasteiger partial charge in [0.05, 0.1) is 12.7 Å². The molecule has 12 nitrogen and oxygen atoms in total. The fourth-order valence-electron chi connectivity index (χ4n) is 5.23. The molecular weight excluding hydrogens is 632 g/mol. The van der Waals surface area contributed by atoms with Crippen LogP contribution in [0, 0.1) is 5.92 Å². The Bertz CT molecular complexity index is 1520. The molecule has 4 atom stereocenters. The Hall–Kier alpha value is -4.26. The maximum absolute atomic E-state index is 13.7. The van der Waals surface area contributed by atoms with Crippen LogP contribution in [0.4, 0.5) is 10.6 Å². The molecule has 266 valence electrons. The van der Waals surface area contributed by atoms with Crippen LogP contribution in [0.1, 0.15) is 77.2 Å². The largest absolute Gasteiger partial charge is 0.493 e. The fourth-order valence-corrected chi connectivity index (χ4v) is 5.23. The van der Waals surface area contributed by atoms with E-state index in [1.54, 1.807) is 90.2 Å². The standard InChI is InChI=1S/C37H48N2O10/c1-24-16-17-28(40)33-29(47-37(6,7)48-33)14-11-13-26-21-27(22-30(45-23-43-8)32(26)34(41)46-25(24)2)44-20-12-19-39(31-15-9-10-18-38-31)35(42)49-36(3,4)5/h9-11,13,15-18,21-22,24-25,29,33H,12,14,19-20,23H2,1-8H3/b13-11+,17-16-/t24-,25+,29+,33-/m1/s1. The van der Waals surface area contributed by atoms with Crippen molar-refractivity contribution >= 4 is 29.7 Å². The minimum Gasteiger partial charge on any atom is -0.493 e. The molecular formula is C37H48N2O10. The lowest BCUT2D eigenvalue weighted by Crippen LogP contribution is -2.38. The van der Waals surface area contributed by atoms with Crippen LogP contribution in [0.15, 0.2) is 54.8 Å². The third kappa shape index (κ3) is 10.6. The zero-order valence-electron chi connectivity index (χ0n) is 29.6. The maximum atomic E-state index is 13.7. The van der Waals surface area contributed by atoms with E-state index in [2.05, 4.69) is 4.98 Å². The van der Waals surface area contributed by atoms with E-state index in [0.29, 0.717) is 30.0 Å². The number of aromatic nitrogens is 1. The molecule has 49 heavy (non-hydrogen) atoms. The van der Waals surface area contributed by atoms with Gasteiger partial charge in [0.2, 0.25) is 0 Å². The van der Waals surface area contributed by atoms with Gasteiger partial charge in [-0.15, -0.1) is 0 Å². The molecule has 2 aromatic rings. The quantitative estimate of drug-likeness (QED) is 0.163. The summed E-state index contributed by atoms with van der Waals surface area (Å²) in [5.74, 6) is -0.934. The summed E-state index contributed by atoms with van der Waals surface area (Å²) in [7, 11) is 1.48. The molecule has 0 radical (unpaired) electrons. The van der Waals surface area contributed by atoms with Crippen molar-refractivity contribution in [1.82, 2.24) is 4.98 Å². The summed E-state index contributed by atoms with van der Waals surface area (Å²) in [6, 6.07) is 8.64. The van der Waals surface area contributed by atoms with Gasteiger partial charge in [-0.05, 0) is 84.2 Å². The SMILES string of the molecule is COCOc1cc(OCCCN(C(=O)OC(C)(C)C)c2ccccn2)cc2c1C(=O)O[C@@H](C)[C@H](C)/C=C\C(=O)[C@H]1OC(C)(C)O[C@H]1C/C=C/2. The predicted octanol–water partition coefficient (Wildman–Crippen LogP) is 6.52. The number of carbonyl (C=O) groups is 3. The van der Waals surface area contributed by atoms with Crippen LogP contribution in [-0.2, 0) is 28.5 Å². The highest BCUT2D eigenvalue weighted by molar-refractivity contribution is 5.97. The number of fused-ring (bicyclic) bond motifs is 2. The summed E-state index contributed by atoms with van der Waals surface area (Å²) in [4.78, 5) is 45.6. The second kappa shape index (κ2) is 16.4. The van der Waals surface area contributed by atoms with E-state index in [-0.39, 0.29) is 43.0 Å². The highest BCUT2D eigenvalue weighted by Crippen LogP contribution is 2.34. The van der Waals surface area contributed by atoms with Crippen molar-refractivity contribution in [2.75, 3.05) is 32.0 Å². The van der Waals surface area contributed by atoms with Crippen LogP contribution >= 0.6 is 0 Å². The first-order valence-corrected chi connectivity index (χ1v) is 16.5. The molecule has 0 aliphatic carbocycles. The minimum atomic E-state index is -0.936. The highest BCUT2D eigenvalue weighted by atomic mass is 16.8. The molecule has 12 heteroatoms. The molecule has 1 aromatic carbocycles. The molecule has 1 amide bonds. The third-order valence-electron chi connectivity index (χ3n) is 7.70. The number of esters is 1. The summed E-state index contributed by atoms with van der Waals surface area (Å²) in [6.45, 7) is 13.0. The Morgan fingerprint density at radius 2 is 1.86 bits per heavy atom. The Balaban J connectivity index is 1.61. The number of hydrogen-bond donors (Lipinski definition) is 0. The van der Waals surface area contributed by atoms with Crippen LogP contribution in [0.5, 0.6) is 11.5 Å². The van der Waals surface area contributed by atoms with Gasteiger partial charge < -0.3 is 33.2 Å². The number of ketones is 1. The Morgan fingerprint density at radius 3 is 2.55 bits per heavy atom. The first kappa shape index (κ1) is 37.6. The lowest BCUT2D eigenvalue weighted by molar-refractivity contribution is -0.152. The lowest BCUT2D eigenvalue weighted by atomic mass is 9.99.